The lowest BCUT2D eigenvalue weighted by Gasteiger charge is -2.34. The maximum Gasteiger partial charge on any atom is 0.441 e. The lowest BCUT2D eigenvalue weighted by molar-refractivity contribution is -0.203. The smallest absolute Gasteiger partial charge is 0.441 e. The lowest BCUT2D eigenvalue weighted by Crippen LogP contribution is -2.69. The Hall–Kier alpha value is -4.06. The summed E-state index contributed by atoms with van der Waals surface area (Å²) in [6.45, 7) is 3.29. The van der Waals surface area contributed by atoms with Crippen LogP contribution in [0, 0.1) is 0 Å². The van der Waals surface area contributed by atoms with Crippen LogP contribution in [0.25, 0.3) is 11.1 Å². The lowest BCUT2D eigenvalue weighted by atomic mass is 9.99. The third-order valence-corrected chi connectivity index (χ3v) is 6.96. The van der Waals surface area contributed by atoms with Crippen LogP contribution in [-0.2, 0) is 20.7 Å². The Morgan fingerprint density at radius 1 is 0.949 bits per heavy atom. The van der Waals surface area contributed by atoms with E-state index >= 15 is 0 Å². The molecule has 1 aromatic heterocycles. The number of alkyl halides is 3. The number of esters is 2. The summed E-state index contributed by atoms with van der Waals surface area (Å²) in [5.41, 5.74) is -3.18. The second kappa shape index (κ2) is 12.2. The molecule has 2 aromatic carbocycles. The highest BCUT2D eigenvalue weighted by Crippen LogP contribution is 2.44. The number of carbonyl (C=O) groups excluding carboxylic acids is 3. The minimum atomic E-state index is -5.41. The first-order chi connectivity index (χ1) is 18.5. The van der Waals surface area contributed by atoms with Crippen molar-refractivity contribution in [2.75, 3.05) is 26.1 Å². The van der Waals surface area contributed by atoms with Gasteiger partial charge in [-0.2, -0.15) is 13.2 Å². The molecule has 8 nitrogen and oxygen atoms in total. The number of rotatable bonds is 10. The molecule has 3 rings (SSSR count). The fourth-order valence-corrected chi connectivity index (χ4v) is 5.03. The van der Waals surface area contributed by atoms with Crippen LogP contribution in [0.1, 0.15) is 39.4 Å². The third kappa shape index (κ3) is 6.00. The molecule has 0 fully saturated rings. The van der Waals surface area contributed by atoms with Crippen LogP contribution in [-0.4, -0.2) is 50.5 Å². The summed E-state index contributed by atoms with van der Waals surface area (Å²) in [5.74, 6) is -3.57. The van der Waals surface area contributed by atoms with Crippen molar-refractivity contribution in [1.82, 2.24) is 5.32 Å². The summed E-state index contributed by atoms with van der Waals surface area (Å²) in [7, 11) is 2.15. The van der Waals surface area contributed by atoms with Crippen LogP contribution in [0.3, 0.4) is 0 Å². The second-order valence-electron chi connectivity index (χ2n) is 8.09. The fourth-order valence-electron chi connectivity index (χ4n) is 3.82. The number of anilines is 1. The quantitative estimate of drug-likeness (QED) is 0.250. The van der Waals surface area contributed by atoms with Crippen molar-refractivity contribution < 1.29 is 41.8 Å². The summed E-state index contributed by atoms with van der Waals surface area (Å²) in [5, 5.41) is 3.60. The highest BCUT2D eigenvalue weighted by molar-refractivity contribution is 7.17. The zero-order chi connectivity index (χ0) is 28.8. The van der Waals surface area contributed by atoms with Gasteiger partial charge in [-0.05, 0) is 43.2 Å². The van der Waals surface area contributed by atoms with Crippen LogP contribution in [0.15, 0.2) is 54.6 Å². The molecular formula is C27H27F3N2O6S. The van der Waals surface area contributed by atoms with Gasteiger partial charge in [0, 0.05) is 16.0 Å². The van der Waals surface area contributed by atoms with Gasteiger partial charge in [0.2, 0.25) is 0 Å². The van der Waals surface area contributed by atoms with Gasteiger partial charge in [0.1, 0.15) is 16.3 Å². The maximum absolute atomic E-state index is 14.8. The minimum Gasteiger partial charge on any atom is -0.497 e. The number of carbonyl (C=O) groups is 3. The normalized spacial score (nSPS) is 12.7. The Bertz CT molecular complexity index is 1330. The number of ether oxygens (including phenoxy) is 3. The van der Waals surface area contributed by atoms with Crippen molar-refractivity contribution in [3.63, 3.8) is 0 Å². The van der Waals surface area contributed by atoms with Crippen LogP contribution in [0.2, 0.25) is 0 Å². The van der Waals surface area contributed by atoms with Gasteiger partial charge in [-0.1, -0.05) is 37.3 Å². The molecule has 1 atom stereocenters. The number of amides is 1. The van der Waals surface area contributed by atoms with E-state index in [2.05, 4.69) is 10.1 Å². The number of aryl methyl sites for hydroxylation is 1. The molecule has 208 valence electrons. The monoisotopic (exact) mass is 564 g/mol. The Kier molecular flexibility index (Phi) is 9.23. The number of thiophene rings is 1. The summed E-state index contributed by atoms with van der Waals surface area (Å²) in [6.07, 6.45) is -5.05. The molecule has 0 bridgehead atoms. The first kappa shape index (κ1) is 29.5. The number of halogens is 3. The molecule has 1 heterocycles. The van der Waals surface area contributed by atoms with Crippen molar-refractivity contribution in [2.45, 2.75) is 32.1 Å². The predicted octanol–water partition coefficient (Wildman–Crippen LogP) is 5.44. The standard InChI is InChI=1S/C27H27F3N2O6S/c1-5-19-20(16-10-8-7-9-11-16)21(24(34)38-6-2)23(39-19)32-26(25(35)37-4,27(28,29)30)31-22(33)17-12-14-18(36-3)15-13-17/h7-15,32H,5-6H2,1-4H3,(H,31,33). The van der Waals surface area contributed by atoms with Crippen LogP contribution >= 0.6 is 11.3 Å². The van der Waals surface area contributed by atoms with Crippen molar-refractivity contribution in [3.8, 4) is 16.9 Å². The highest BCUT2D eigenvalue weighted by Gasteiger charge is 2.64. The Labute approximate surface area is 227 Å². The Morgan fingerprint density at radius 2 is 1.59 bits per heavy atom. The van der Waals surface area contributed by atoms with Gasteiger partial charge >= 0.3 is 23.8 Å². The summed E-state index contributed by atoms with van der Waals surface area (Å²) >= 11 is 0.846. The van der Waals surface area contributed by atoms with E-state index < -0.39 is 29.7 Å². The molecule has 0 spiro atoms. The number of methoxy groups -OCH3 is 2. The molecule has 0 radical (unpaired) electrons. The number of nitrogens with one attached hydrogen (secondary N) is 2. The molecular weight excluding hydrogens is 537 g/mol. The van der Waals surface area contributed by atoms with E-state index in [0.29, 0.717) is 28.2 Å². The van der Waals surface area contributed by atoms with Crippen molar-refractivity contribution in [2.24, 2.45) is 0 Å². The molecule has 3 aromatic rings. The summed E-state index contributed by atoms with van der Waals surface area (Å²) in [4.78, 5) is 39.5. The van der Waals surface area contributed by atoms with Crippen LogP contribution < -0.4 is 15.4 Å². The molecule has 12 heteroatoms. The molecule has 0 aliphatic carbocycles. The number of hydrogen-bond acceptors (Lipinski definition) is 8. The van der Waals surface area contributed by atoms with Gasteiger partial charge < -0.3 is 24.8 Å². The SMILES string of the molecule is CCOC(=O)c1c(NC(NC(=O)c2ccc(OC)cc2)(C(=O)OC)C(F)(F)F)sc(CC)c1-c1ccccc1. The third-order valence-electron chi connectivity index (χ3n) is 5.72. The van der Waals surface area contributed by atoms with Gasteiger partial charge in [-0.3, -0.25) is 4.79 Å². The molecule has 0 saturated heterocycles. The molecule has 2 N–H and O–H groups in total. The first-order valence-corrected chi connectivity index (χ1v) is 12.6. The zero-order valence-corrected chi connectivity index (χ0v) is 22.4. The van der Waals surface area contributed by atoms with E-state index in [9.17, 15) is 27.6 Å². The largest absolute Gasteiger partial charge is 0.497 e. The first-order valence-electron chi connectivity index (χ1n) is 11.8. The minimum absolute atomic E-state index is 0.0422. The van der Waals surface area contributed by atoms with Crippen LogP contribution in [0.4, 0.5) is 18.2 Å². The van der Waals surface area contributed by atoms with Crippen molar-refractivity contribution in [1.29, 1.82) is 0 Å². The Morgan fingerprint density at radius 3 is 2.10 bits per heavy atom. The van der Waals surface area contributed by atoms with Crippen molar-refractivity contribution >= 4 is 34.2 Å². The van der Waals surface area contributed by atoms with E-state index in [1.165, 1.54) is 31.4 Å². The fraction of sp³-hybridized carbons (Fsp3) is 0.296. The van der Waals surface area contributed by atoms with Gasteiger partial charge in [0.05, 0.1) is 20.8 Å². The molecule has 0 saturated carbocycles. The number of hydrogen-bond donors (Lipinski definition) is 2. The molecule has 39 heavy (non-hydrogen) atoms. The summed E-state index contributed by atoms with van der Waals surface area (Å²) in [6, 6.07) is 13.9. The molecule has 1 unspecified atom stereocenters. The topological polar surface area (TPSA) is 103 Å². The van der Waals surface area contributed by atoms with E-state index in [1.54, 1.807) is 49.5 Å². The van der Waals surface area contributed by atoms with Crippen LogP contribution in [0.5, 0.6) is 5.75 Å². The molecule has 0 aliphatic rings. The van der Waals surface area contributed by atoms with E-state index in [4.69, 9.17) is 9.47 Å². The number of benzene rings is 2. The maximum atomic E-state index is 14.8. The zero-order valence-electron chi connectivity index (χ0n) is 21.6. The molecule has 0 aliphatic heterocycles. The highest BCUT2D eigenvalue weighted by atomic mass is 32.1. The second-order valence-corrected chi connectivity index (χ2v) is 9.20. The van der Waals surface area contributed by atoms with E-state index in [-0.39, 0.29) is 22.7 Å². The van der Waals surface area contributed by atoms with Crippen molar-refractivity contribution in [3.05, 3.63) is 70.6 Å². The Balaban J connectivity index is 2.22. The van der Waals surface area contributed by atoms with Gasteiger partial charge in [0.25, 0.3) is 5.91 Å². The summed E-state index contributed by atoms with van der Waals surface area (Å²) < 4.78 is 59.0. The molecule has 1 amide bonds. The average molecular weight is 565 g/mol. The van der Waals surface area contributed by atoms with Gasteiger partial charge in [-0.15, -0.1) is 11.3 Å². The van der Waals surface area contributed by atoms with Gasteiger partial charge in [0.15, 0.2) is 0 Å². The average Bonchev–Trinajstić information content (AvgIpc) is 3.30. The predicted molar refractivity (Wildman–Crippen MR) is 140 cm³/mol. The van der Waals surface area contributed by atoms with E-state index in [0.717, 1.165) is 18.4 Å². The van der Waals surface area contributed by atoms with Gasteiger partial charge in [-0.25, -0.2) is 9.59 Å². The van der Waals surface area contributed by atoms with E-state index in [1.807, 2.05) is 0 Å².